The fourth-order valence-electron chi connectivity index (χ4n) is 1.10. The molecule has 3 nitrogen and oxygen atoms in total. The molecule has 1 atom stereocenters. The molecule has 18 heavy (non-hydrogen) atoms. The van der Waals surface area contributed by atoms with Crippen LogP contribution in [-0.2, 0) is 4.79 Å². The van der Waals surface area contributed by atoms with Crippen LogP contribution in [0.2, 0.25) is 0 Å². The van der Waals surface area contributed by atoms with Crippen LogP contribution in [0.3, 0.4) is 0 Å². The molecule has 0 aliphatic rings. The maximum absolute atomic E-state index is 12.6. The Morgan fingerprint density at radius 2 is 1.78 bits per heavy atom. The Labute approximate surface area is 104 Å². The van der Waals surface area contributed by atoms with Crippen LogP contribution in [0.15, 0.2) is 0 Å². The van der Waals surface area contributed by atoms with Gasteiger partial charge in [0.15, 0.2) is 0 Å². The molecular weight excluding hydrogens is 252 g/mol. The molecule has 0 aliphatic heterocycles. The van der Waals surface area contributed by atoms with Crippen LogP contribution in [0.4, 0.5) is 17.6 Å². The van der Waals surface area contributed by atoms with E-state index < -0.39 is 30.8 Å². The van der Waals surface area contributed by atoms with Crippen molar-refractivity contribution in [2.24, 2.45) is 5.92 Å². The molecule has 0 heterocycles. The number of carbonyl (C=O) groups is 1. The number of halogens is 4. The zero-order valence-electron chi connectivity index (χ0n) is 10.8. The normalized spacial score (nSPS) is 14.1. The van der Waals surface area contributed by atoms with Crippen molar-refractivity contribution in [3.8, 4) is 0 Å². The van der Waals surface area contributed by atoms with E-state index in [1.807, 2.05) is 13.8 Å². The first-order valence-electron chi connectivity index (χ1n) is 5.84. The molecule has 0 saturated heterocycles. The third kappa shape index (κ3) is 6.78. The van der Waals surface area contributed by atoms with Crippen molar-refractivity contribution in [3.05, 3.63) is 0 Å². The summed E-state index contributed by atoms with van der Waals surface area (Å²) in [4.78, 5) is 11.4. The van der Waals surface area contributed by atoms with Gasteiger partial charge in [0.2, 0.25) is 5.91 Å². The van der Waals surface area contributed by atoms with E-state index in [-0.39, 0.29) is 0 Å². The lowest BCUT2D eigenvalue weighted by Gasteiger charge is -2.19. The first kappa shape index (κ1) is 17.2. The zero-order valence-corrected chi connectivity index (χ0v) is 10.8. The van der Waals surface area contributed by atoms with Gasteiger partial charge in [-0.15, -0.1) is 0 Å². The molecule has 0 bridgehead atoms. The summed E-state index contributed by atoms with van der Waals surface area (Å²) in [6.45, 7) is 4.54. The minimum atomic E-state index is -4.12. The molecular formula is C11H20F4N2O. The van der Waals surface area contributed by atoms with Gasteiger partial charge in [-0.3, -0.25) is 4.79 Å². The van der Waals surface area contributed by atoms with Crippen LogP contribution in [0, 0.1) is 5.92 Å². The fraction of sp³-hybridized carbons (Fsp3) is 0.909. The average molecular weight is 272 g/mol. The number of nitrogens with one attached hydrogen (secondary N) is 2. The van der Waals surface area contributed by atoms with Crippen molar-refractivity contribution in [2.75, 3.05) is 13.1 Å². The largest absolute Gasteiger partial charge is 0.355 e. The van der Waals surface area contributed by atoms with E-state index in [0.29, 0.717) is 12.5 Å². The van der Waals surface area contributed by atoms with Gasteiger partial charge >= 0.3 is 12.3 Å². The summed E-state index contributed by atoms with van der Waals surface area (Å²) in [6, 6.07) is -0.929. The van der Waals surface area contributed by atoms with Gasteiger partial charge in [-0.2, -0.15) is 8.78 Å². The Morgan fingerprint density at radius 3 is 2.22 bits per heavy atom. The highest BCUT2D eigenvalue weighted by atomic mass is 19.3. The van der Waals surface area contributed by atoms with E-state index in [1.165, 1.54) is 6.92 Å². The van der Waals surface area contributed by atoms with Crippen molar-refractivity contribution in [2.45, 2.75) is 45.6 Å². The number of hydrogen-bond acceptors (Lipinski definition) is 2. The van der Waals surface area contributed by atoms with Gasteiger partial charge in [-0.25, -0.2) is 8.78 Å². The second-order valence-corrected chi connectivity index (χ2v) is 4.64. The lowest BCUT2D eigenvalue weighted by molar-refractivity contribution is -0.131. The van der Waals surface area contributed by atoms with Gasteiger partial charge in [-0.05, 0) is 19.3 Å². The molecule has 7 heteroatoms. The molecule has 0 spiro atoms. The molecule has 0 aliphatic carbocycles. The molecule has 0 rings (SSSR count). The molecule has 0 aromatic rings. The first-order valence-corrected chi connectivity index (χ1v) is 5.84. The molecule has 2 N–H and O–H groups in total. The minimum absolute atomic E-state index is 0.414. The van der Waals surface area contributed by atoms with Gasteiger partial charge in [0.25, 0.3) is 0 Å². The van der Waals surface area contributed by atoms with Crippen LogP contribution in [0.1, 0.15) is 27.2 Å². The van der Waals surface area contributed by atoms with Crippen LogP contribution < -0.4 is 10.6 Å². The maximum atomic E-state index is 12.6. The summed E-state index contributed by atoms with van der Waals surface area (Å²) >= 11 is 0. The average Bonchev–Trinajstić information content (AvgIpc) is 2.25. The van der Waals surface area contributed by atoms with Gasteiger partial charge in [0.1, 0.15) is 0 Å². The Morgan fingerprint density at radius 1 is 1.22 bits per heavy atom. The Balaban J connectivity index is 3.95. The molecule has 1 unspecified atom stereocenters. The minimum Gasteiger partial charge on any atom is -0.355 e. The topological polar surface area (TPSA) is 41.1 Å². The smallest absolute Gasteiger partial charge is 0.319 e. The van der Waals surface area contributed by atoms with Crippen LogP contribution in [-0.4, -0.2) is 37.4 Å². The second-order valence-electron chi connectivity index (χ2n) is 4.64. The van der Waals surface area contributed by atoms with Crippen molar-refractivity contribution in [1.29, 1.82) is 0 Å². The summed E-state index contributed by atoms with van der Waals surface area (Å²) in [5, 5.41) is 4.65. The Bertz CT molecular complexity index is 259. The van der Waals surface area contributed by atoms with E-state index in [2.05, 4.69) is 10.6 Å². The number of carbonyl (C=O) groups excluding carboxylic acids is 1. The van der Waals surface area contributed by atoms with E-state index >= 15 is 0 Å². The van der Waals surface area contributed by atoms with Crippen LogP contribution >= 0.6 is 0 Å². The quantitative estimate of drug-likeness (QED) is 0.664. The number of rotatable bonds is 8. The van der Waals surface area contributed by atoms with E-state index in [1.54, 1.807) is 0 Å². The standard InChI is InChI=1S/C11H20F4N2O/c1-7(2)4-5-16-9(18)8(3)17-6-11(14,15)10(12)13/h7-8,10,17H,4-6H2,1-3H3,(H,16,18). The van der Waals surface area contributed by atoms with Gasteiger partial charge < -0.3 is 10.6 Å². The molecule has 0 aromatic heterocycles. The monoisotopic (exact) mass is 272 g/mol. The summed E-state index contributed by atoms with van der Waals surface area (Å²) in [6.07, 6.45) is -2.97. The van der Waals surface area contributed by atoms with Crippen molar-refractivity contribution in [1.82, 2.24) is 10.6 Å². The summed E-state index contributed by atoms with van der Waals surface area (Å²) in [7, 11) is 0. The summed E-state index contributed by atoms with van der Waals surface area (Å²) in [5.74, 6) is -4.18. The van der Waals surface area contributed by atoms with Crippen molar-refractivity contribution in [3.63, 3.8) is 0 Å². The van der Waals surface area contributed by atoms with E-state index in [9.17, 15) is 22.4 Å². The number of amides is 1. The lowest BCUT2D eigenvalue weighted by Crippen LogP contribution is -2.48. The van der Waals surface area contributed by atoms with E-state index in [4.69, 9.17) is 0 Å². The number of hydrogen-bond donors (Lipinski definition) is 2. The molecule has 0 saturated carbocycles. The summed E-state index contributed by atoms with van der Waals surface area (Å²) in [5.41, 5.74) is 0. The van der Waals surface area contributed by atoms with Gasteiger partial charge in [0.05, 0.1) is 12.6 Å². The second kappa shape index (κ2) is 7.56. The zero-order chi connectivity index (χ0) is 14.3. The highest BCUT2D eigenvalue weighted by molar-refractivity contribution is 5.81. The summed E-state index contributed by atoms with van der Waals surface area (Å²) < 4.78 is 48.9. The molecule has 1 amide bonds. The molecule has 0 fully saturated rings. The predicted octanol–water partition coefficient (Wildman–Crippen LogP) is 2.03. The number of alkyl halides is 4. The SMILES string of the molecule is CC(C)CCNC(=O)C(C)NCC(F)(F)C(F)F. The predicted molar refractivity (Wildman–Crippen MR) is 60.9 cm³/mol. The third-order valence-electron chi connectivity index (χ3n) is 2.38. The van der Waals surface area contributed by atoms with Crippen LogP contribution in [0.25, 0.3) is 0 Å². The van der Waals surface area contributed by atoms with Crippen molar-refractivity contribution < 1.29 is 22.4 Å². The Hall–Kier alpha value is -0.850. The molecule has 108 valence electrons. The molecule has 0 radical (unpaired) electrons. The lowest BCUT2D eigenvalue weighted by atomic mass is 10.1. The van der Waals surface area contributed by atoms with Gasteiger partial charge in [-0.1, -0.05) is 13.8 Å². The van der Waals surface area contributed by atoms with E-state index in [0.717, 1.165) is 6.42 Å². The maximum Gasteiger partial charge on any atom is 0.319 e. The molecule has 0 aromatic carbocycles. The third-order valence-corrected chi connectivity index (χ3v) is 2.38. The first-order chi connectivity index (χ1) is 8.16. The fourth-order valence-corrected chi connectivity index (χ4v) is 1.10. The highest BCUT2D eigenvalue weighted by Gasteiger charge is 2.40. The highest BCUT2D eigenvalue weighted by Crippen LogP contribution is 2.21. The Kier molecular flexibility index (Phi) is 7.20. The van der Waals surface area contributed by atoms with Crippen molar-refractivity contribution >= 4 is 5.91 Å². The van der Waals surface area contributed by atoms with Gasteiger partial charge in [0, 0.05) is 6.54 Å². The van der Waals surface area contributed by atoms with Crippen LogP contribution in [0.5, 0.6) is 0 Å².